The van der Waals surface area contributed by atoms with Crippen LogP contribution in [0.25, 0.3) is 21.7 Å². The number of pyridine rings is 1. The summed E-state index contributed by atoms with van der Waals surface area (Å²) in [5.41, 5.74) is 8.35. The number of hydrogen-bond acceptors (Lipinski definition) is 5. The summed E-state index contributed by atoms with van der Waals surface area (Å²) < 4.78 is 7.12. The summed E-state index contributed by atoms with van der Waals surface area (Å²) in [6, 6.07) is 5.74. The predicted octanol–water partition coefficient (Wildman–Crippen LogP) is 4.57. The monoisotopic (exact) mass is 399 g/mol. The van der Waals surface area contributed by atoms with E-state index >= 15 is 0 Å². The molecule has 0 saturated carbocycles. The Kier molecular flexibility index (Phi) is 3.42. The Morgan fingerprint density at radius 3 is 2.58 bits per heavy atom. The Labute approximate surface area is 129 Å². The molecular formula is C12H7Br2N3OS. The first-order valence-corrected chi connectivity index (χ1v) is 7.68. The first-order chi connectivity index (χ1) is 9.16. The lowest BCUT2D eigenvalue weighted by Gasteiger charge is -1.99. The minimum atomic E-state index is 0.307. The molecule has 0 amide bonds. The second kappa shape index (κ2) is 5.07. The summed E-state index contributed by atoms with van der Waals surface area (Å²) >= 11 is 8.50. The van der Waals surface area contributed by atoms with Crippen LogP contribution in [0.2, 0.25) is 0 Å². The Balaban J connectivity index is 2.19. The van der Waals surface area contributed by atoms with E-state index < -0.39 is 0 Å². The minimum absolute atomic E-state index is 0.307. The van der Waals surface area contributed by atoms with Gasteiger partial charge in [-0.2, -0.15) is 0 Å². The third kappa shape index (κ3) is 2.33. The molecule has 0 saturated heterocycles. The molecule has 7 heteroatoms. The number of nitrogen functional groups attached to an aromatic ring is 1. The van der Waals surface area contributed by atoms with E-state index in [1.807, 2.05) is 18.2 Å². The highest BCUT2D eigenvalue weighted by atomic mass is 79.9. The van der Waals surface area contributed by atoms with Crippen LogP contribution < -0.4 is 5.73 Å². The van der Waals surface area contributed by atoms with Crippen LogP contribution in [0.1, 0.15) is 0 Å². The fraction of sp³-hybridized carbons (Fsp3) is 0. The van der Waals surface area contributed by atoms with Gasteiger partial charge >= 0.3 is 0 Å². The van der Waals surface area contributed by atoms with E-state index in [0.29, 0.717) is 5.88 Å². The van der Waals surface area contributed by atoms with Crippen LogP contribution in [0.15, 0.2) is 43.4 Å². The fourth-order valence-electron chi connectivity index (χ4n) is 1.73. The molecule has 0 aliphatic carbocycles. The molecule has 0 spiro atoms. The van der Waals surface area contributed by atoms with Crippen LogP contribution in [0.5, 0.6) is 0 Å². The van der Waals surface area contributed by atoms with Gasteiger partial charge in [0.2, 0.25) is 5.88 Å². The topological polar surface area (TPSA) is 64.9 Å². The van der Waals surface area contributed by atoms with Gasteiger partial charge in [-0.05, 0) is 55.6 Å². The fourth-order valence-corrected chi connectivity index (χ4v) is 3.75. The molecular weight excluding hydrogens is 394 g/mol. The third-order valence-corrected chi connectivity index (χ3v) is 5.83. The summed E-state index contributed by atoms with van der Waals surface area (Å²) in [4.78, 5) is 4.98. The number of nitrogens with two attached hydrogens (primary N) is 1. The van der Waals surface area contributed by atoms with Crippen molar-refractivity contribution >= 4 is 49.1 Å². The number of thiophene rings is 1. The van der Waals surface area contributed by atoms with Gasteiger partial charge in [0.1, 0.15) is 5.69 Å². The Morgan fingerprint density at radius 1 is 1.21 bits per heavy atom. The zero-order chi connectivity index (χ0) is 13.4. The molecule has 3 rings (SSSR count). The van der Waals surface area contributed by atoms with Crippen molar-refractivity contribution < 1.29 is 4.52 Å². The normalized spacial score (nSPS) is 10.8. The van der Waals surface area contributed by atoms with E-state index in [4.69, 9.17) is 10.3 Å². The molecule has 0 unspecified atom stereocenters. The molecule has 0 aliphatic rings. The first kappa shape index (κ1) is 12.8. The van der Waals surface area contributed by atoms with E-state index in [0.717, 1.165) is 30.0 Å². The van der Waals surface area contributed by atoms with Crippen LogP contribution in [-0.4, -0.2) is 10.1 Å². The Morgan fingerprint density at radius 2 is 1.95 bits per heavy atom. The highest BCUT2D eigenvalue weighted by Gasteiger charge is 2.19. The van der Waals surface area contributed by atoms with Crippen LogP contribution in [0.4, 0.5) is 5.88 Å². The number of rotatable bonds is 2. The van der Waals surface area contributed by atoms with Crippen molar-refractivity contribution in [3.05, 3.63) is 38.9 Å². The Bertz CT molecular complexity index is 704. The number of hydrogen-bond donors (Lipinski definition) is 1. The molecule has 0 aliphatic heterocycles. The summed E-state index contributed by atoms with van der Waals surface area (Å²) in [6.45, 7) is 0. The predicted molar refractivity (Wildman–Crippen MR) is 82.9 cm³/mol. The van der Waals surface area contributed by atoms with Gasteiger partial charge < -0.3 is 10.3 Å². The van der Waals surface area contributed by atoms with E-state index in [-0.39, 0.29) is 0 Å². The number of aromatic nitrogens is 2. The molecule has 19 heavy (non-hydrogen) atoms. The van der Waals surface area contributed by atoms with Gasteiger partial charge in [0, 0.05) is 16.9 Å². The zero-order valence-corrected chi connectivity index (χ0v) is 13.4. The van der Waals surface area contributed by atoms with Crippen LogP contribution in [0, 0.1) is 0 Å². The van der Waals surface area contributed by atoms with Gasteiger partial charge in [0.25, 0.3) is 0 Å². The highest BCUT2D eigenvalue weighted by Crippen LogP contribution is 2.43. The van der Waals surface area contributed by atoms with Crippen molar-refractivity contribution in [1.82, 2.24) is 10.1 Å². The van der Waals surface area contributed by atoms with Gasteiger partial charge in [-0.25, -0.2) is 0 Å². The maximum atomic E-state index is 5.89. The molecule has 3 heterocycles. The summed E-state index contributed by atoms with van der Waals surface area (Å²) in [7, 11) is 0. The maximum Gasteiger partial charge on any atom is 0.230 e. The molecule has 0 atom stereocenters. The zero-order valence-electron chi connectivity index (χ0n) is 9.43. The average Bonchev–Trinajstić information content (AvgIpc) is 2.95. The lowest BCUT2D eigenvalue weighted by Crippen LogP contribution is -1.86. The van der Waals surface area contributed by atoms with Crippen molar-refractivity contribution in [2.45, 2.75) is 0 Å². The van der Waals surface area contributed by atoms with Crippen molar-refractivity contribution in [3.63, 3.8) is 0 Å². The van der Waals surface area contributed by atoms with E-state index in [1.54, 1.807) is 23.7 Å². The molecule has 0 fully saturated rings. The number of halogens is 2. The second-order valence-corrected chi connectivity index (χ2v) is 6.96. The SMILES string of the molecule is Nc1onc(-c2cc(Br)c(Br)s2)c1-c1ccncc1. The molecule has 2 N–H and O–H groups in total. The molecule has 4 nitrogen and oxygen atoms in total. The van der Waals surface area contributed by atoms with E-state index in [9.17, 15) is 0 Å². The number of nitrogens with zero attached hydrogens (tertiary/aromatic N) is 2. The highest BCUT2D eigenvalue weighted by molar-refractivity contribution is 9.13. The lowest BCUT2D eigenvalue weighted by molar-refractivity contribution is 0.439. The molecule has 0 bridgehead atoms. The average molecular weight is 401 g/mol. The second-order valence-electron chi connectivity index (χ2n) is 3.74. The van der Waals surface area contributed by atoms with Crippen molar-refractivity contribution in [1.29, 1.82) is 0 Å². The number of anilines is 1. The molecule has 0 radical (unpaired) electrons. The van der Waals surface area contributed by atoms with Gasteiger partial charge in [-0.1, -0.05) is 5.16 Å². The molecule has 3 aromatic rings. The molecule has 0 aromatic carbocycles. The molecule has 3 aromatic heterocycles. The van der Waals surface area contributed by atoms with Gasteiger partial charge in [-0.3, -0.25) is 4.98 Å². The quantitative estimate of drug-likeness (QED) is 0.684. The van der Waals surface area contributed by atoms with Crippen LogP contribution >= 0.6 is 43.2 Å². The van der Waals surface area contributed by atoms with Gasteiger partial charge in [0.05, 0.1) is 14.2 Å². The van der Waals surface area contributed by atoms with Crippen molar-refractivity contribution in [2.24, 2.45) is 0 Å². The Hall–Kier alpha value is -1.18. The van der Waals surface area contributed by atoms with E-state index in [2.05, 4.69) is 42.0 Å². The maximum absolute atomic E-state index is 5.89. The van der Waals surface area contributed by atoms with E-state index in [1.165, 1.54) is 0 Å². The van der Waals surface area contributed by atoms with Gasteiger partial charge in [0.15, 0.2) is 0 Å². The standard InChI is InChI=1S/C12H7Br2N3OS/c13-7-5-8(19-11(7)14)10-9(12(15)18-17-10)6-1-3-16-4-2-6/h1-5H,15H2. The van der Waals surface area contributed by atoms with Crippen LogP contribution in [-0.2, 0) is 0 Å². The van der Waals surface area contributed by atoms with Crippen molar-refractivity contribution in [2.75, 3.05) is 5.73 Å². The van der Waals surface area contributed by atoms with Crippen LogP contribution in [0.3, 0.4) is 0 Å². The lowest BCUT2D eigenvalue weighted by atomic mass is 10.1. The van der Waals surface area contributed by atoms with Gasteiger partial charge in [-0.15, -0.1) is 11.3 Å². The van der Waals surface area contributed by atoms with Crippen molar-refractivity contribution in [3.8, 4) is 21.7 Å². The summed E-state index contributed by atoms with van der Waals surface area (Å²) in [6.07, 6.45) is 3.43. The third-order valence-electron chi connectivity index (χ3n) is 2.57. The first-order valence-electron chi connectivity index (χ1n) is 5.27. The smallest absolute Gasteiger partial charge is 0.230 e. The molecule has 96 valence electrons. The summed E-state index contributed by atoms with van der Waals surface area (Å²) in [5.74, 6) is 0.307. The summed E-state index contributed by atoms with van der Waals surface area (Å²) in [5, 5.41) is 4.07. The minimum Gasteiger partial charge on any atom is -0.367 e. The largest absolute Gasteiger partial charge is 0.367 e.